The van der Waals surface area contributed by atoms with Crippen LogP contribution in [0.1, 0.15) is 17.3 Å². The largest absolute Gasteiger partial charge is 0.320 e. The monoisotopic (exact) mass is 351 g/mol. The molecule has 116 valence electrons. The van der Waals surface area contributed by atoms with Gasteiger partial charge in [-0.3, -0.25) is 4.79 Å². The molecule has 1 aliphatic rings. The van der Waals surface area contributed by atoms with Crippen LogP contribution in [0.5, 0.6) is 0 Å². The molecular weight excluding hydrogens is 337 g/mol. The molecule has 0 saturated carbocycles. The van der Waals surface area contributed by atoms with Crippen LogP contribution < -0.4 is 0 Å². The summed E-state index contributed by atoms with van der Waals surface area (Å²) in [7, 11) is -3.42. The molecule has 1 aromatic carbocycles. The number of halogens is 2. The molecule has 8 heteroatoms. The fourth-order valence-electron chi connectivity index (χ4n) is 2.12. The second-order valence-corrected chi connectivity index (χ2v) is 8.64. The summed E-state index contributed by atoms with van der Waals surface area (Å²) >= 11 is 7.27. The zero-order valence-electron chi connectivity index (χ0n) is 11.4. The highest BCUT2D eigenvalue weighted by atomic mass is 35.5. The zero-order chi connectivity index (χ0) is 15.6. The van der Waals surface area contributed by atoms with Gasteiger partial charge in [0.25, 0.3) is 5.91 Å². The van der Waals surface area contributed by atoms with Crippen molar-refractivity contribution in [1.29, 1.82) is 0 Å². The molecule has 0 radical (unpaired) electrons. The van der Waals surface area contributed by atoms with E-state index in [1.807, 2.05) is 0 Å². The predicted octanol–water partition coefficient (Wildman–Crippen LogP) is 2.43. The number of carbonyl (C=O) groups is 1. The molecule has 4 nitrogen and oxygen atoms in total. The maximum absolute atomic E-state index is 13.8. The van der Waals surface area contributed by atoms with Crippen molar-refractivity contribution in [2.45, 2.75) is 12.3 Å². The molecule has 0 bridgehead atoms. The summed E-state index contributed by atoms with van der Waals surface area (Å²) in [6.07, 6.45) is 0. The first-order valence-corrected chi connectivity index (χ1v) is 9.67. The number of hydrogen-bond acceptors (Lipinski definition) is 4. The maximum Gasteiger partial charge on any atom is 0.258 e. The average molecular weight is 352 g/mol. The summed E-state index contributed by atoms with van der Waals surface area (Å²) in [5.41, 5.74) is -0.189. The van der Waals surface area contributed by atoms with E-state index < -0.39 is 26.9 Å². The second-order valence-electron chi connectivity index (χ2n) is 4.60. The molecule has 1 aromatic rings. The van der Waals surface area contributed by atoms with Crippen LogP contribution in [0.3, 0.4) is 0 Å². The predicted molar refractivity (Wildman–Crippen MR) is 83.0 cm³/mol. The van der Waals surface area contributed by atoms with Gasteiger partial charge in [-0.05, 0) is 18.2 Å². The SMILES string of the molecule is CCS(=O)(=O)C1CSCCN1C(=O)c1cc(Cl)ccc1F. The number of hydrogen-bond donors (Lipinski definition) is 0. The van der Waals surface area contributed by atoms with Gasteiger partial charge < -0.3 is 4.90 Å². The summed E-state index contributed by atoms with van der Waals surface area (Å²) in [6.45, 7) is 1.82. The van der Waals surface area contributed by atoms with Gasteiger partial charge in [-0.15, -0.1) is 0 Å². The maximum atomic E-state index is 13.8. The Bertz CT molecular complexity index is 651. The minimum Gasteiger partial charge on any atom is -0.320 e. The number of benzene rings is 1. The Morgan fingerprint density at radius 1 is 1.52 bits per heavy atom. The van der Waals surface area contributed by atoms with Gasteiger partial charge in [-0.2, -0.15) is 11.8 Å². The fraction of sp³-hybridized carbons (Fsp3) is 0.462. The Morgan fingerprint density at radius 3 is 2.90 bits per heavy atom. The molecule has 1 heterocycles. The van der Waals surface area contributed by atoms with Gasteiger partial charge in [-0.25, -0.2) is 12.8 Å². The molecule has 0 aliphatic carbocycles. The molecule has 0 aromatic heterocycles. The number of carbonyl (C=O) groups excluding carboxylic acids is 1. The topological polar surface area (TPSA) is 54.5 Å². The lowest BCUT2D eigenvalue weighted by Gasteiger charge is -2.34. The normalized spacial score (nSPS) is 19.6. The van der Waals surface area contributed by atoms with Crippen LogP contribution in [-0.4, -0.2) is 48.4 Å². The van der Waals surface area contributed by atoms with Crippen molar-refractivity contribution in [1.82, 2.24) is 4.90 Å². The van der Waals surface area contributed by atoms with Crippen LogP contribution in [-0.2, 0) is 9.84 Å². The molecule has 0 spiro atoms. The molecule has 2 rings (SSSR count). The van der Waals surface area contributed by atoms with Crippen LogP contribution in [0.15, 0.2) is 18.2 Å². The molecule has 1 aliphatic heterocycles. The Hall–Kier alpha value is -0.790. The molecule has 1 amide bonds. The van der Waals surface area contributed by atoms with Crippen molar-refractivity contribution < 1.29 is 17.6 Å². The smallest absolute Gasteiger partial charge is 0.258 e. The minimum absolute atomic E-state index is 0.0555. The zero-order valence-corrected chi connectivity index (χ0v) is 13.8. The Balaban J connectivity index is 2.37. The van der Waals surface area contributed by atoms with Crippen molar-refractivity contribution >= 4 is 39.1 Å². The Kier molecular flexibility index (Phi) is 5.16. The number of nitrogens with zero attached hydrogens (tertiary/aromatic N) is 1. The standard InChI is InChI=1S/C13H15ClFNO3S2/c1-2-21(18,19)12-8-20-6-5-16(12)13(17)10-7-9(14)3-4-11(10)15/h3-4,7,12H,2,5-6,8H2,1H3. The molecule has 1 atom stereocenters. The average Bonchev–Trinajstić information content (AvgIpc) is 2.49. The number of thioether (sulfide) groups is 1. The molecule has 1 unspecified atom stereocenters. The summed E-state index contributed by atoms with van der Waals surface area (Å²) < 4.78 is 38.1. The van der Waals surface area contributed by atoms with Crippen molar-refractivity contribution in [3.8, 4) is 0 Å². The molecule has 1 saturated heterocycles. The lowest BCUT2D eigenvalue weighted by atomic mass is 10.2. The minimum atomic E-state index is -3.42. The number of rotatable bonds is 3. The molecule has 1 fully saturated rings. The van der Waals surface area contributed by atoms with Crippen molar-refractivity contribution in [3.63, 3.8) is 0 Å². The van der Waals surface area contributed by atoms with E-state index in [4.69, 9.17) is 11.6 Å². The highest BCUT2D eigenvalue weighted by Crippen LogP contribution is 2.25. The van der Waals surface area contributed by atoms with E-state index >= 15 is 0 Å². The van der Waals surface area contributed by atoms with Gasteiger partial charge in [0.15, 0.2) is 9.84 Å². The van der Waals surface area contributed by atoms with Crippen LogP contribution in [0.2, 0.25) is 5.02 Å². The highest BCUT2D eigenvalue weighted by Gasteiger charge is 2.36. The first-order valence-electron chi connectivity index (χ1n) is 6.42. The lowest BCUT2D eigenvalue weighted by molar-refractivity contribution is 0.0744. The van der Waals surface area contributed by atoms with E-state index in [0.717, 1.165) is 6.07 Å². The van der Waals surface area contributed by atoms with Gasteiger partial charge in [-0.1, -0.05) is 18.5 Å². The van der Waals surface area contributed by atoms with Gasteiger partial charge in [0.05, 0.1) is 5.56 Å². The van der Waals surface area contributed by atoms with E-state index in [0.29, 0.717) is 11.5 Å². The Labute approximate surface area is 132 Å². The Morgan fingerprint density at radius 2 is 2.24 bits per heavy atom. The van der Waals surface area contributed by atoms with Crippen molar-refractivity contribution in [2.75, 3.05) is 23.8 Å². The summed E-state index contributed by atoms with van der Waals surface area (Å²) in [5.74, 6) is -0.444. The van der Waals surface area contributed by atoms with E-state index in [1.165, 1.54) is 35.7 Å². The van der Waals surface area contributed by atoms with Crippen LogP contribution >= 0.6 is 23.4 Å². The molecular formula is C13H15ClFNO3S2. The third kappa shape index (κ3) is 3.52. The van der Waals surface area contributed by atoms with Gasteiger partial charge >= 0.3 is 0 Å². The van der Waals surface area contributed by atoms with Gasteiger partial charge in [0, 0.05) is 28.8 Å². The number of amides is 1. The molecule has 0 N–H and O–H groups in total. The third-order valence-corrected chi connectivity index (χ3v) is 6.84. The quantitative estimate of drug-likeness (QED) is 0.839. The van der Waals surface area contributed by atoms with Crippen LogP contribution in [0.4, 0.5) is 4.39 Å². The van der Waals surface area contributed by atoms with Crippen LogP contribution in [0.25, 0.3) is 0 Å². The second kappa shape index (κ2) is 6.54. The van der Waals surface area contributed by atoms with Gasteiger partial charge in [0.1, 0.15) is 11.2 Å². The van der Waals surface area contributed by atoms with Crippen molar-refractivity contribution in [3.05, 3.63) is 34.6 Å². The van der Waals surface area contributed by atoms with E-state index in [1.54, 1.807) is 0 Å². The lowest BCUT2D eigenvalue weighted by Crippen LogP contribution is -2.50. The number of sulfone groups is 1. The van der Waals surface area contributed by atoms with Crippen LogP contribution in [0, 0.1) is 5.82 Å². The van der Waals surface area contributed by atoms with Gasteiger partial charge in [0.2, 0.25) is 0 Å². The fourth-order valence-corrected chi connectivity index (χ4v) is 5.26. The third-order valence-electron chi connectivity index (χ3n) is 3.32. The first-order chi connectivity index (χ1) is 9.86. The first kappa shape index (κ1) is 16.6. The highest BCUT2D eigenvalue weighted by molar-refractivity contribution is 8.01. The van der Waals surface area contributed by atoms with E-state index in [9.17, 15) is 17.6 Å². The summed E-state index contributed by atoms with van der Waals surface area (Å²) in [6, 6.07) is 3.69. The summed E-state index contributed by atoms with van der Waals surface area (Å²) in [4.78, 5) is 13.7. The van der Waals surface area contributed by atoms with E-state index in [2.05, 4.69) is 0 Å². The summed E-state index contributed by atoms with van der Waals surface area (Å²) in [5, 5.41) is -0.673. The van der Waals surface area contributed by atoms with E-state index in [-0.39, 0.29) is 22.9 Å². The van der Waals surface area contributed by atoms with Crippen molar-refractivity contribution in [2.24, 2.45) is 0 Å². The molecule has 21 heavy (non-hydrogen) atoms.